The molecule has 1 aliphatic heterocycles. The predicted octanol–water partition coefficient (Wildman–Crippen LogP) is 1.40. The molecule has 0 saturated carbocycles. The van der Waals surface area contributed by atoms with Crippen molar-refractivity contribution in [3.63, 3.8) is 0 Å². The summed E-state index contributed by atoms with van der Waals surface area (Å²) in [5.74, 6) is 1.05. The first kappa shape index (κ1) is 9.99. The van der Waals surface area contributed by atoms with Gasteiger partial charge in [0.15, 0.2) is 0 Å². The van der Waals surface area contributed by atoms with Gasteiger partial charge in [-0.05, 0) is 18.5 Å². The van der Waals surface area contributed by atoms with Crippen LogP contribution in [0, 0.1) is 0 Å². The van der Waals surface area contributed by atoms with Crippen molar-refractivity contribution < 1.29 is 0 Å². The zero-order valence-electron chi connectivity index (χ0n) is 9.45. The van der Waals surface area contributed by atoms with Gasteiger partial charge in [0.2, 0.25) is 0 Å². The monoisotopic (exact) mass is 234 g/mol. The van der Waals surface area contributed by atoms with E-state index in [2.05, 4.69) is 20.2 Å². The molecule has 3 rings (SSSR count). The average Bonchev–Trinajstić information content (AvgIpc) is 2.66. The molecule has 2 aromatic heterocycles. The van der Waals surface area contributed by atoms with Crippen molar-refractivity contribution in [3.05, 3.63) is 16.8 Å². The zero-order valence-corrected chi connectivity index (χ0v) is 10.3. The van der Waals surface area contributed by atoms with E-state index in [1.165, 1.54) is 15.8 Å². The summed E-state index contributed by atoms with van der Waals surface area (Å²) >= 11 is 1.79. The highest BCUT2D eigenvalue weighted by Gasteiger charge is 2.19. The molecule has 0 bridgehead atoms. The smallest absolute Gasteiger partial charge is 0.140 e. The van der Waals surface area contributed by atoms with E-state index in [0.29, 0.717) is 0 Å². The molecular weight excluding hydrogens is 220 g/mol. The lowest BCUT2D eigenvalue weighted by Crippen LogP contribution is -2.22. The third kappa shape index (κ3) is 1.39. The van der Waals surface area contributed by atoms with Crippen LogP contribution in [-0.4, -0.2) is 30.6 Å². The molecule has 4 nitrogen and oxygen atoms in total. The SMILES string of the molecule is CN(C)c1ncnc2sc3c(c12)CCNC3. The molecule has 0 amide bonds. The van der Waals surface area contributed by atoms with Crippen molar-refractivity contribution >= 4 is 27.4 Å². The van der Waals surface area contributed by atoms with E-state index in [0.717, 1.165) is 30.2 Å². The van der Waals surface area contributed by atoms with Crippen molar-refractivity contribution in [2.24, 2.45) is 0 Å². The Balaban J connectivity index is 2.32. The molecule has 2 aromatic rings. The summed E-state index contributed by atoms with van der Waals surface area (Å²) in [7, 11) is 4.07. The van der Waals surface area contributed by atoms with Gasteiger partial charge in [0.1, 0.15) is 17.0 Å². The fourth-order valence-electron chi connectivity index (χ4n) is 2.18. The lowest BCUT2D eigenvalue weighted by Gasteiger charge is -2.16. The number of nitrogens with zero attached hydrogens (tertiary/aromatic N) is 3. The first-order valence-corrected chi connectivity index (χ1v) is 6.22. The van der Waals surface area contributed by atoms with Crippen molar-refractivity contribution in [2.45, 2.75) is 13.0 Å². The lowest BCUT2D eigenvalue weighted by molar-refractivity contribution is 0.657. The average molecular weight is 234 g/mol. The highest BCUT2D eigenvalue weighted by molar-refractivity contribution is 7.18. The van der Waals surface area contributed by atoms with Crippen LogP contribution in [0.1, 0.15) is 10.4 Å². The molecule has 5 heteroatoms. The van der Waals surface area contributed by atoms with Crippen LogP contribution >= 0.6 is 11.3 Å². The molecule has 0 spiro atoms. The Morgan fingerprint density at radius 1 is 1.38 bits per heavy atom. The normalized spacial score (nSPS) is 15.1. The summed E-state index contributed by atoms with van der Waals surface area (Å²) < 4.78 is 0. The Morgan fingerprint density at radius 3 is 3.06 bits per heavy atom. The van der Waals surface area contributed by atoms with Crippen LogP contribution in [0.25, 0.3) is 10.2 Å². The van der Waals surface area contributed by atoms with Crippen molar-refractivity contribution in [1.82, 2.24) is 15.3 Å². The zero-order chi connectivity index (χ0) is 11.1. The van der Waals surface area contributed by atoms with Gasteiger partial charge in [-0.1, -0.05) is 0 Å². The van der Waals surface area contributed by atoms with E-state index in [-0.39, 0.29) is 0 Å². The minimum atomic E-state index is 0.975. The highest BCUT2D eigenvalue weighted by Crippen LogP contribution is 2.36. The number of thiophene rings is 1. The van der Waals surface area contributed by atoms with Gasteiger partial charge >= 0.3 is 0 Å². The minimum absolute atomic E-state index is 0.975. The Hall–Kier alpha value is -1.20. The Morgan fingerprint density at radius 2 is 2.25 bits per heavy atom. The second-order valence-electron chi connectivity index (χ2n) is 4.20. The molecule has 84 valence electrons. The highest BCUT2D eigenvalue weighted by atomic mass is 32.1. The molecule has 0 fully saturated rings. The van der Waals surface area contributed by atoms with Gasteiger partial charge in [0, 0.05) is 25.5 Å². The first-order valence-electron chi connectivity index (χ1n) is 5.40. The van der Waals surface area contributed by atoms with Gasteiger partial charge in [0.05, 0.1) is 5.39 Å². The number of hydrogen-bond acceptors (Lipinski definition) is 5. The third-order valence-electron chi connectivity index (χ3n) is 2.91. The van der Waals surface area contributed by atoms with Crippen LogP contribution in [0.15, 0.2) is 6.33 Å². The molecule has 0 aromatic carbocycles. The van der Waals surface area contributed by atoms with Crippen molar-refractivity contribution in [1.29, 1.82) is 0 Å². The summed E-state index contributed by atoms with van der Waals surface area (Å²) in [6.07, 6.45) is 2.75. The minimum Gasteiger partial charge on any atom is -0.362 e. The Kier molecular flexibility index (Phi) is 2.29. The van der Waals surface area contributed by atoms with E-state index in [1.807, 2.05) is 14.1 Å². The van der Waals surface area contributed by atoms with Crippen molar-refractivity contribution in [2.75, 3.05) is 25.5 Å². The summed E-state index contributed by atoms with van der Waals surface area (Å²) in [5.41, 5.74) is 1.45. The summed E-state index contributed by atoms with van der Waals surface area (Å²) in [6, 6.07) is 0. The first-order chi connectivity index (χ1) is 7.77. The van der Waals surface area contributed by atoms with E-state index in [9.17, 15) is 0 Å². The van der Waals surface area contributed by atoms with Crippen LogP contribution in [0.2, 0.25) is 0 Å². The molecule has 1 aliphatic rings. The number of nitrogens with one attached hydrogen (secondary N) is 1. The number of aromatic nitrogens is 2. The molecule has 16 heavy (non-hydrogen) atoms. The van der Waals surface area contributed by atoms with Crippen LogP contribution in [0.3, 0.4) is 0 Å². The summed E-state index contributed by atoms with van der Waals surface area (Å²) in [4.78, 5) is 13.4. The van der Waals surface area contributed by atoms with E-state index in [4.69, 9.17) is 0 Å². The second-order valence-corrected chi connectivity index (χ2v) is 5.29. The maximum atomic E-state index is 4.39. The second kappa shape index (κ2) is 3.68. The molecule has 0 atom stereocenters. The van der Waals surface area contributed by atoms with Gasteiger partial charge in [0.25, 0.3) is 0 Å². The standard InChI is InChI=1S/C11H14N4S/c1-15(2)10-9-7-3-4-12-5-8(7)16-11(9)14-6-13-10/h6,12H,3-5H2,1-2H3. The van der Waals surface area contributed by atoms with Gasteiger partial charge in [-0.25, -0.2) is 9.97 Å². The number of anilines is 1. The number of rotatable bonds is 1. The van der Waals surface area contributed by atoms with Crippen molar-refractivity contribution in [3.8, 4) is 0 Å². The third-order valence-corrected chi connectivity index (χ3v) is 4.05. The van der Waals surface area contributed by atoms with Gasteiger partial charge in [-0.15, -0.1) is 11.3 Å². The summed E-state index contributed by atoms with van der Waals surface area (Å²) in [6.45, 7) is 2.03. The molecule has 3 heterocycles. The number of fused-ring (bicyclic) bond motifs is 3. The van der Waals surface area contributed by atoms with Crippen LogP contribution in [-0.2, 0) is 13.0 Å². The maximum Gasteiger partial charge on any atom is 0.140 e. The van der Waals surface area contributed by atoms with Gasteiger partial charge < -0.3 is 10.2 Å². The van der Waals surface area contributed by atoms with Gasteiger partial charge in [-0.2, -0.15) is 0 Å². The predicted molar refractivity (Wildman–Crippen MR) is 67.2 cm³/mol. The van der Waals surface area contributed by atoms with Crippen LogP contribution in [0.5, 0.6) is 0 Å². The molecule has 1 N–H and O–H groups in total. The van der Waals surface area contributed by atoms with Crippen LogP contribution < -0.4 is 10.2 Å². The lowest BCUT2D eigenvalue weighted by atomic mass is 10.1. The number of hydrogen-bond donors (Lipinski definition) is 1. The molecule has 0 saturated heterocycles. The maximum absolute atomic E-state index is 4.39. The Bertz CT molecular complexity index is 532. The topological polar surface area (TPSA) is 41.1 Å². The fourth-order valence-corrected chi connectivity index (χ4v) is 3.33. The molecular formula is C11H14N4S. The van der Waals surface area contributed by atoms with E-state index < -0.39 is 0 Å². The van der Waals surface area contributed by atoms with E-state index >= 15 is 0 Å². The molecule has 0 unspecified atom stereocenters. The largest absolute Gasteiger partial charge is 0.362 e. The summed E-state index contributed by atoms with van der Waals surface area (Å²) in [5, 5.41) is 4.66. The Labute approximate surface area is 98.3 Å². The fraction of sp³-hybridized carbons (Fsp3) is 0.455. The van der Waals surface area contributed by atoms with Crippen LogP contribution in [0.4, 0.5) is 5.82 Å². The van der Waals surface area contributed by atoms with Gasteiger partial charge in [-0.3, -0.25) is 0 Å². The quantitative estimate of drug-likeness (QED) is 0.810. The van der Waals surface area contributed by atoms with E-state index in [1.54, 1.807) is 17.7 Å². The molecule has 0 radical (unpaired) electrons. The molecule has 0 aliphatic carbocycles.